The molecule has 106 valence electrons. The number of nitrogens with one attached hydrogen (secondary N) is 1. The van der Waals surface area contributed by atoms with Crippen molar-refractivity contribution >= 4 is 5.69 Å². The maximum absolute atomic E-state index is 13.5. The second-order valence-electron chi connectivity index (χ2n) is 4.83. The number of hydrogen-bond acceptors (Lipinski definition) is 2. The van der Waals surface area contributed by atoms with E-state index >= 15 is 0 Å². The average molecular weight is 277 g/mol. The first-order valence-electron chi connectivity index (χ1n) is 6.42. The van der Waals surface area contributed by atoms with Gasteiger partial charge in [-0.25, -0.2) is 8.78 Å². The standard InChI is InChI=1S/C16H17F2NO/c1-10-4-3-5-11(2)16(10)19-9-15(20)13-8-12(17)6-7-14(13)18/h3-8,15,19-20H,9H2,1-2H3. The number of aryl methyl sites for hydroxylation is 2. The lowest BCUT2D eigenvalue weighted by Gasteiger charge is -2.17. The quantitative estimate of drug-likeness (QED) is 0.892. The van der Waals surface area contributed by atoms with Gasteiger partial charge >= 0.3 is 0 Å². The predicted octanol–water partition coefficient (Wildman–Crippen LogP) is 3.73. The minimum atomic E-state index is -1.11. The smallest absolute Gasteiger partial charge is 0.129 e. The Bertz CT molecular complexity index is 593. The number of rotatable bonds is 4. The molecule has 0 aliphatic heterocycles. The zero-order chi connectivity index (χ0) is 14.7. The fourth-order valence-corrected chi connectivity index (χ4v) is 2.17. The molecule has 0 aromatic heterocycles. The van der Waals surface area contributed by atoms with E-state index in [9.17, 15) is 13.9 Å². The molecule has 0 saturated carbocycles. The zero-order valence-electron chi connectivity index (χ0n) is 11.5. The number of halogens is 2. The highest BCUT2D eigenvalue weighted by Gasteiger charge is 2.14. The number of anilines is 1. The van der Waals surface area contributed by atoms with E-state index < -0.39 is 17.7 Å². The average Bonchev–Trinajstić information content (AvgIpc) is 2.40. The molecule has 0 aliphatic carbocycles. The SMILES string of the molecule is Cc1cccc(C)c1NCC(O)c1cc(F)ccc1F. The third kappa shape index (κ3) is 3.14. The molecule has 0 aliphatic rings. The largest absolute Gasteiger partial charge is 0.386 e. The number of benzene rings is 2. The van der Waals surface area contributed by atoms with Crippen LogP contribution in [-0.4, -0.2) is 11.7 Å². The Morgan fingerprint density at radius 1 is 1.10 bits per heavy atom. The minimum Gasteiger partial charge on any atom is -0.386 e. The van der Waals surface area contributed by atoms with E-state index in [2.05, 4.69) is 5.32 Å². The van der Waals surface area contributed by atoms with E-state index in [1.165, 1.54) is 0 Å². The van der Waals surface area contributed by atoms with Crippen molar-refractivity contribution < 1.29 is 13.9 Å². The van der Waals surface area contributed by atoms with Crippen LogP contribution in [0, 0.1) is 25.5 Å². The summed E-state index contributed by atoms with van der Waals surface area (Å²) in [5.74, 6) is -1.17. The molecule has 0 heterocycles. The van der Waals surface area contributed by atoms with Gasteiger partial charge in [0.2, 0.25) is 0 Å². The normalized spacial score (nSPS) is 12.2. The molecule has 0 fully saturated rings. The molecule has 4 heteroatoms. The Labute approximate surface area is 117 Å². The van der Waals surface area contributed by atoms with Gasteiger partial charge < -0.3 is 10.4 Å². The van der Waals surface area contributed by atoms with Crippen LogP contribution in [0.5, 0.6) is 0 Å². The van der Waals surface area contributed by atoms with Crippen molar-refractivity contribution in [3.63, 3.8) is 0 Å². The maximum Gasteiger partial charge on any atom is 0.129 e. The van der Waals surface area contributed by atoms with Gasteiger partial charge in [-0.15, -0.1) is 0 Å². The Morgan fingerprint density at radius 3 is 2.40 bits per heavy atom. The summed E-state index contributed by atoms with van der Waals surface area (Å²) >= 11 is 0. The first kappa shape index (κ1) is 14.5. The summed E-state index contributed by atoms with van der Waals surface area (Å²) < 4.78 is 26.7. The van der Waals surface area contributed by atoms with E-state index in [4.69, 9.17) is 0 Å². The van der Waals surface area contributed by atoms with Crippen LogP contribution >= 0.6 is 0 Å². The molecule has 2 aromatic carbocycles. The lowest BCUT2D eigenvalue weighted by molar-refractivity contribution is 0.186. The summed E-state index contributed by atoms with van der Waals surface area (Å²) in [7, 11) is 0. The Hall–Kier alpha value is -1.94. The highest BCUT2D eigenvalue weighted by molar-refractivity contribution is 5.56. The fraction of sp³-hybridized carbons (Fsp3) is 0.250. The van der Waals surface area contributed by atoms with Gasteiger partial charge in [0.05, 0.1) is 6.10 Å². The molecule has 0 amide bonds. The Kier molecular flexibility index (Phi) is 4.35. The van der Waals surface area contributed by atoms with Crippen LogP contribution in [-0.2, 0) is 0 Å². The van der Waals surface area contributed by atoms with Crippen molar-refractivity contribution in [2.45, 2.75) is 20.0 Å². The predicted molar refractivity (Wildman–Crippen MR) is 75.7 cm³/mol. The van der Waals surface area contributed by atoms with Gasteiger partial charge in [-0.05, 0) is 43.2 Å². The molecule has 2 rings (SSSR count). The zero-order valence-corrected chi connectivity index (χ0v) is 11.5. The summed E-state index contributed by atoms with van der Waals surface area (Å²) in [6, 6.07) is 8.91. The van der Waals surface area contributed by atoms with Crippen LogP contribution in [0.25, 0.3) is 0 Å². The molecule has 1 unspecified atom stereocenters. The van der Waals surface area contributed by atoms with Crippen LogP contribution in [0.4, 0.5) is 14.5 Å². The van der Waals surface area contributed by atoms with E-state index in [0.29, 0.717) is 0 Å². The first-order valence-corrected chi connectivity index (χ1v) is 6.42. The molecule has 2 nitrogen and oxygen atoms in total. The third-order valence-electron chi connectivity index (χ3n) is 3.27. The van der Waals surface area contributed by atoms with E-state index in [-0.39, 0.29) is 12.1 Å². The summed E-state index contributed by atoms with van der Waals surface area (Å²) in [4.78, 5) is 0. The highest BCUT2D eigenvalue weighted by Crippen LogP contribution is 2.22. The number of aliphatic hydroxyl groups excluding tert-OH is 1. The highest BCUT2D eigenvalue weighted by atomic mass is 19.1. The van der Waals surface area contributed by atoms with Crippen molar-refractivity contribution in [1.29, 1.82) is 0 Å². The van der Waals surface area contributed by atoms with Crippen molar-refractivity contribution in [3.8, 4) is 0 Å². The van der Waals surface area contributed by atoms with E-state index in [1.807, 2.05) is 32.0 Å². The first-order chi connectivity index (χ1) is 9.49. The minimum absolute atomic E-state index is 0.0382. The second kappa shape index (κ2) is 6.01. The molecule has 1 atom stereocenters. The van der Waals surface area contributed by atoms with Gasteiger partial charge in [0, 0.05) is 17.8 Å². The molecular weight excluding hydrogens is 260 g/mol. The molecule has 0 spiro atoms. The number of hydrogen-bond donors (Lipinski definition) is 2. The van der Waals surface area contributed by atoms with Gasteiger partial charge in [-0.3, -0.25) is 0 Å². The van der Waals surface area contributed by atoms with Crippen LogP contribution < -0.4 is 5.32 Å². The van der Waals surface area contributed by atoms with Crippen molar-refractivity contribution in [2.75, 3.05) is 11.9 Å². The van der Waals surface area contributed by atoms with E-state index in [0.717, 1.165) is 35.0 Å². The van der Waals surface area contributed by atoms with Crippen LogP contribution in [0.3, 0.4) is 0 Å². The Morgan fingerprint density at radius 2 is 1.75 bits per heavy atom. The monoisotopic (exact) mass is 277 g/mol. The topological polar surface area (TPSA) is 32.3 Å². The Balaban J connectivity index is 2.13. The third-order valence-corrected chi connectivity index (χ3v) is 3.27. The van der Waals surface area contributed by atoms with Crippen molar-refractivity contribution in [2.24, 2.45) is 0 Å². The fourth-order valence-electron chi connectivity index (χ4n) is 2.17. The van der Waals surface area contributed by atoms with Crippen LogP contribution in [0.1, 0.15) is 22.8 Å². The van der Waals surface area contributed by atoms with Gasteiger partial charge in [-0.1, -0.05) is 18.2 Å². The van der Waals surface area contributed by atoms with Crippen molar-refractivity contribution in [1.82, 2.24) is 0 Å². The van der Waals surface area contributed by atoms with Gasteiger partial charge in [0.1, 0.15) is 11.6 Å². The van der Waals surface area contributed by atoms with Gasteiger partial charge in [-0.2, -0.15) is 0 Å². The molecule has 2 aromatic rings. The van der Waals surface area contributed by atoms with Gasteiger partial charge in [0.25, 0.3) is 0 Å². The van der Waals surface area contributed by atoms with Crippen LogP contribution in [0.15, 0.2) is 36.4 Å². The lowest BCUT2D eigenvalue weighted by atomic mass is 10.1. The van der Waals surface area contributed by atoms with Gasteiger partial charge in [0.15, 0.2) is 0 Å². The molecule has 0 bridgehead atoms. The molecule has 0 radical (unpaired) electrons. The molecule has 0 saturated heterocycles. The van der Waals surface area contributed by atoms with Crippen molar-refractivity contribution in [3.05, 3.63) is 64.7 Å². The molecule has 20 heavy (non-hydrogen) atoms. The van der Waals surface area contributed by atoms with Crippen LogP contribution in [0.2, 0.25) is 0 Å². The maximum atomic E-state index is 13.5. The second-order valence-corrected chi connectivity index (χ2v) is 4.83. The number of aliphatic hydroxyl groups is 1. The summed E-state index contributed by atoms with van der Waals surface area (Å²) in [6.45, 7) is 4.01. The summed E-state index contributed by atoms with van der Waals surface area (Å²) in [5.41, 5.74) is 2.95. The van der Waals surface area contributed by atoms with E-state index in [1.54, 1.807) is 0 Å². The summed E-state index contributed by atoms with van der Waals surface area (Å²) in [6.07, 6.45) is -1.11. The molecule has 2 N–H and O–H groups in total. The molecular formula is C16H17F2NO. The summed E-state index contributed by atoms with van der Waals surface area (Å²) in [5, 5.41) is 13.1. The number of para-hydroxylation sites is 1. The lowest BCUT2D eigenvalue weighted by Crippen LogP contribution is -2.15.